The van der Waals surface area contributed by atoms with Crippen LogP contribution in [0.4, 0.5) is 4.79 Å². The summed E-state index contributed by atoms with van der Waals surface area (Å²) >= 11 is 0. The number of ketones is 1. The smallest absolute Gasteiger partial charge is 0.312 e. The van der Waals surface area contributed by atoms with E-state index in [0.29, 0.717) is 52.4 Å². The second-order valence-electron chi connectivity index (χ2n) is 10.9. The lowest BCUT2D eigenvalue weighted by Crippen LogP contribution is -2.53. The maximum absolute atomic E-state index is 12.8. The van der Waals surface area contributed by atoms with Crippen molar-refractivity contribution in [1.29, 1.82) is 0 Å². The van der Waals surface area contributed by atoms with Crippen molar-refractivity contribution in [2.75, 3.05) is 72.5 Å². The van der Waals surface area contributed by atoms with Gasteiger partial charge in [0.05, 0.1) is 58.9 Å². The molecule has 1 rings (SSSR count). The third kappa shape index (κ3) is 19.4. The van der Waals surface area contributed by atoms with Crippen LogP contribution in [-0.4, -0.2) is 131 Å². The number of Topliss-reactive ketones (excluding diaryl/α,β-unsaturated/α-hetero) is 1. The Hall–Kier alpha value is -3.93. The number of urea groups is 1. The zero-order chi connectivity index (χ0) is 35.0. The van der Waals surface area contributed by atoms with E-state index in [1.807, 2.05) is 0 Å². The molecule has 0 aliphatic carbocycles. The number of rotatable bonds is 27. The summed E-state index contributed by atoms with van der Waals surface area (Å²) in [5.74, 6) is -2.42. The molecule has 0 radical (unpaired) electrons. The van der Waals surface area contributed by atoms with Crippen LogP contribution in [0.3, 0.4) is 0 Å². The summed E-state index contributed by atoms with van der Waals surface area (Å²) in [7, 11) is 0. The van der Waals surface area contributed by atoms with Gasteiger partial charge in [0.25, 0.3) is 11.8 Å². The van der Waals surface area contributed by atoms with Crippen molar-refractivity contribution in [2.45, 2.75) is 58.5 Å². The van der Waals surface area contributed by atoms with Crippen LogP contribution in [0.25, 0.3) is 0 Å². The zero-order valence-electron chi connectivity index (χ0n) is 27.5. The van der Waals surface area contributed by atoms with Gasteiger partial charge in [-0.2, -0.15) is 0 Å². The van der Waals surface area contributed by atoms with E-state index in [9.17, 15) is 33.6 Å². The van der Waals surface area contributed by atoms with Gasteiger partial charge in [0.15, 0.2) is 5.78 Å². The van der Waals surface area contributed by atoms with Gasteiger partial charge in [-0.1, -0.05) is 13.8 Å². The number of carbonyl (C=O) groups is 7. The number of ether oxygens (including phenoxy) is 4. The molecule has 0 spiro atoms. The Bertz CT molecular complexity index is 1050. The van der Waals surface area contributed by atoms with Crippen LogP contribution in [-0.2, 0) is 47.7 Å². The van der Waals surface area contributed by atoms with E-state index < -0.39 is 35.8 Å². The molecule has 0 bridgehead atoms. The van der Waals surface area contributed by atoms with Gasteiger partial charge in [-0.15, -0.1) is 0 Å². The molecule has 0 saturated heterocycles. The fourth-order valence-electron chi connectivity index (χ4n) is 4.08. The second kappa shape index (κ2) is 24.3. The monoisotopic (exact) mass is 670 g/mol. The first-order valence-corrected chi connectivity index (χ1v) is 15.7. The van der Waals surface area contributed by atoms with Gasteiger partial charge in [-0.3, -0.25) is 33.7 Å². The van der Waals surface area contributed by atoms with Crippen LogP contribution in [0.1, 0.15) is 46.5 Å². The van der Waals surface area contributed by atoms with Gasteiger partial charge >= 0.3 is 6.03 Å². The van der Waals surface area contributed by atoms with Crippen molar-refractivity contribution in [3.8, 4) is 0 Å². The minimum atomic E-state index is -0.835. The summed E-state index contributed by atoms with van der Waals surface area (Å²) in [6.07, 6.45) is 3.17. The summed E-state index contributed by atoms with van der Waals surface area (Å²) in [5.41, 5.74) is 5.02. The first-order chi connectivity index (χ1) is 22.4. The number of hydrogen-bond acceptors (Lipinski definition) is 11. The minimum absolute atomic E-state index is 0.0224. The Morgan fingerprint density at radius 1 is 0.745 bits per heavy atom. The number of hydrogen-bond donors (Lipinski definition) is 5. The molecule has 17 nitrogen and oxygen atoms in total. The van der Waals surface area contributed by atoms with E-state index in [4.69, 9.17) is 24.7 Å². The lowest BCUT2D eigenvalue weighted by molar-refractivity contribution is -0.137. The molecular formula is C30H50N6O11. The van der Waals surface area contributed by atoms with Crippen LogP contribution < -0.4 is 27.0 Å². The van der Waals surface area contributed by atoms with Crippen molar-refractivity contribution in [2.24, 2.45) is 11.7 Å². The highest BCUT2D eigenvalue weighted by atomic mass is 16.6. The van der Waals surface area contributed by atoms with Gasteiger partial charge in [0.2, 0.25) is 17.7 Å². The molecule has 0 fully saturated rings. The molecule has 6 N–H and O–H groups in total. The average molecular weight is 671 g/mol. The van der Waals surface area contributed by atoms with Crippen LogP contribution in [0.2, 0.25) is 0 Å². The predicted octanol–water partition coefficient (Wildman–Crippen LogP) is -1.46. The van der Waals surface area contributed by atoms with Crippen LogP contribution in [0.15, 0.2) is 12.2 Å². The van der Waals surface area contributed by atoms with E-state index >= 15 is 0 Å². The van der Waals surface area contributed by atoms with Gasteiger partial charge in [-0.25, -0.2) is 4.79 Å². The largest absolute Gasteiger partial charge is 0.379 e. The molecule has 266 valence electrons. The maximum Gasteiger partial charge on any atom is 0.312 e. The van der Waals surface area contributed by atoms with Crippen molar-refractivity contribution >= 4 is 41.4 Å². The molecule has 7 amide bonds. The molecular weight excluding hydrogens is 620 g/mol. The van der Waals surface area contributed by atoms with Crippen LogP contribution in [0.5, 0.6) is 0 Å². The number of imide groups is 1. The van der Waals surface area contributed by atoms with Crippen LogP contribution in [0, 0.1) is 5.92 Å². The molecule has 0 aromatic carbocycles. The predicted molar refractivity (Wildman–Crippen MR) is 168 cm³/mol. The van der Waals surface area contributed by atoms with Crippen molar-refractivity contribution in [1.82, 2.24) is 26.2 Å². The van der Waals surface area contributed by atoms with Gasteiger partial charge in [0, 0.05) is 44.6 Å². The average Bonchev–Trinajstić information content (AvgIpc) is 3.33. The highest BCUT2D eigenvalue weighted by molar-refractivity contribution is 6.13. The number of amides is 7. The summed E-state index contributed by atoms with van der Waals surface area (Å²) in [6.45, 7) is 7.87. The Morgan fingerprint density at radius 2 is 1.30 bits per heavy atom. The molecule has 0 aromatic heterocycles. The van der Waals surface area contributed by atoms with E-state index in [0.717, 1.165) is 4.90 Å². The highest BCUT2D eigenvalue weighted by Gasteiger charge is 2.27. The SMILES string of the molecule is CC(=O)[C@H](CCCNC(N)=O)NC(=O)[C@@H](NC(=O)CCOCCOCCOCCOCCNC(=O)CCN1C(=O)C=CC1=O)C(C)C. The second-order valence-corrected chi connectivity index (χ2v) is 10.9. The first kappa shape index (κ1) is 41.1. The number of primary amides is 1. The Morgan fingerprint density at radius 3 is 1.83 bits per heavy atom. The molecule has 0 saturated carbocycles. The molecule has 0 aromatic rings. The molecule has 2 atom stereocenters. The quantitative estimate of drug-likeness (QED) is 0.0500. The molecule has 1 aliphatic heterocycles. The summed E-state index contributed by atoms with van der Waals surface area (Å²) in [4.78, 5) is 83.7. The van der Waals surface area contributed by atoms with Crippen LogP contribution >= 0.6 is 0 Å². The Balaban J connectivity index is 2.03. The lowest BCUT2D eigenvalue weighted by Gasteiger charge is -2.24. The Kier molecular flexibility index (Phi) is 21.2. The van der Waals surface area contributed by atoms with Gasteiger partial charge < -0.3 is 45.9 Å². The van der Waals surface area contributed by atoms with Gasteiger partial charge in [0.1, 0.15) is 6.04 Å². The summed E-state index contributed by atoms with van der Waals surface area (Å²) < 4.78 is 21.6. The summed E-state index contributed by atoms with van der Waals surface area (Å²) in [6, 6.07) is -2.25. The molecule has 1 aliphatic rings. The van der Waals surface area contributed by atoms with Crippen molar-refractivity contribution in [3.05, 3.63) is 12.2 Å². The molecule has 1 heterocycles. The normalized spacial score (nSPS) is 13.8. The van der Waals surface area contributed by atoms with E-state index in [1.54, 1.807) is 13.8 Å². The number of nitrogens with one attached hydrogen (secondary N) is 4. The molecule has 0 unspecified atom stereocenters. The fraction of sp³-hybridized carbons (Fsp3) is 0.700. The minimum Gasteiger partial charge on any atom is -0.379 e. The molecule has 47 heavy (non-hydrogen) atoms. The first-order valence-electron chi connectivity index (χ1n) is 15.7. The number of nitrogens with zero attached hydrogens (tertiary/aromatic N) is 1. The van der Waals surface area contributed by atoms with Crippen molar-refractivity contribution in [3.63, 3.8) is 0 Å². The standard InChI is InChI=1S/C30H50N6O11/c1-21(2)28(29(42)34-23(22(3)37)5-4-10-33-30(31)43)35-25(39)9-13-44-15-17-46-19-20-47-18-16-45-14-11-32-24(38)8-12-36-26(40)6-7-27(36)41/h6-7,21,23,28H,4-5,8-20H2,1-3H3,(H,32,38)(H,34,42)(H,35,39)(H3,31,33,43)/t23-,28-/m0/s1. The topological polar surface area (TPSA) is 234 Å². The third-order valence-electron chi connectivity index (χ3n) is 6.66. The zero-order valence-corrected chi connectivity index (χ0v) is 27.5. The summed E-state index contributed by atoms with van der Waals surface area (Å²) in [5, 5.41) is 10.5. The van der Waals surface area contributed by atoms with Crippen molar-refractivity contribution < 1.29 is 52.5 Å². The third-order valence-corrected chi connectivity index (χ3v) is 6.66. The Labute approximate surface area is 275 Å². The lowest BCUT2D eigenvalue weighted by atomic mass is 10.0. The number of carbonyl (C=O) groups excluding carboxylic acids is 7. The number of nitrogens with two attached hydrogens (primary N) is 1. The van der Waals surface area contributed by atoms with E-state index in [2.05, 4.69) is 21.3 Å². The maximum atomic E-state index is 12.8. The van der Waals surface area contributed by atoms with E-state index in [-0.39, 0.29) is 69.3 Å². The molecule has 17 heteroatoms. The fourth-order valence-corrected chi connectivity index (χ4v) is 4.08. The van der Waals surface area contributed by atoms with Gasteiger partial charge in [-0.05, 0) is 25.7 Å². The highest BCUT2D eigenvalue weighted by Crippen LogP contribution is 2.06. The van der Waals surface area contributed by atoms with E-state index in [1.165, 1.54) is 19.1 Å².